The first-order chi connectivity index (χ1) is 8.13. The summed E-state index contributed by atoms with van der Waals surface area (Å²) in [6.07, 6.45) is 2.51. The van der Waals surface area contributed by atoms with Crippen LogP contribution in [0, 0.1) is 5.92 Å². The van der Waals surface area contributed by atoms with Gasteiger partial charge in [-0.3, -0.25) is 4.90 Å². The van der Waals surface area contributed by atoms with Crippen molar-refractivity contribution in [1.29, 1.82) is 0 Å². The molecule has 0 aliphatic heterocycles. The van der Waals surface area contributed by atoms with Crippen molar-refractivity contribution in [2.24, 2.45) is 5.92 Å². The molecule has 0 amide bonds. The van der Waals surface area contributed by atoms with E-state index in [0.717, 1.165) is 38.7 Å². The molecule has 1 atom stereocenters. The van der Waals surface area contributed by atoms with Crippen LogP contribution >= 0.6 is 0 Å². The van der Waals surface area contributed by atoms with E-state index in [1.807, 2.05) is 0 Å². The molecule has 3 nitrogen and oxygen atoms in total. The van der Waals surface area contributed by atoms with Crippen LogP contribution < -0.4 is 5.32 Å². The van der Waals surface area contributed by atoms with Gasteiger partial charge in [0.05, 0.1) is 6.61 Å². The van der Waals surface area contributed by atoms with Crippen LogP contribution in [0.5, 0.6) is 0 Å². The molecule has 3 heteroatoms. The lowest BCUT2D eigenvalue weighted by Gasteiger charge is -2.29. The van der Waals surface area contributed by atoms with Crippen molar-refractivity contribution < 1.29 is 4.74 Å². The highest BCUT2D eigenvalue weighted by atomic mass is 16.5. The van der Waals surface area contributed by atoms with Gasteiger partial charge in [0.15, 0.2) is 0 Å². The van der Waals surface area contributed by atoms with Crippen molar-refractivity contribution in [2.75, 3.05) is 39.9 Å². The molecule has 0 saturated carbocycles. The summed E-state index contributed by atoms with van der Waals surface area (Å²) in [4.78, 5) is 2.52. The molecule has 17 heavy (non-hydrogen) atoms. The second-order valence-corrected chi connectivity index (χ2v) is 5.19. The molecule has 0 fully saturated rings. The van der Waals surface area contributed by atoms with E-state index in [4.69, 9.17) is 4.74 Å². The highest BCUT2D eigenvalue weighted by molar-refractivity contribution is 4.72. The summed E-state index contributed by atoms with van der Waals surface area (Å²) in [5, 5.41) is 3.58. The molecule has 0 aromatic heterocycles. The molecule has 0 aromatic rings. The summed E-state index contributed by atoms with van der Waals surface area (Å²) in [5.41, 5.74) is 0. The second-order valence-electron chi connectivity index (χ2n) is 5.19. The monoisotopic (exact) mass is 244 g/mol. The summed E-state index contributed by atoms with van der Waals surface area (Å²) in [5.74, 6) is 0.718. The molecule has 0 bridgehead atoms. The Morgan fingerprint density at radius 2 is 1.88 bits per heavy atom. The minimum absolute atomic E-state index is 0.626. The van der Waals surface area contributed by atoms with E-state index in [1.165, 1.54) is 12.8 Å². The van der Waals surface area contributed by atoms with Gasteiger partial charge in [-0.05, 0) is 18.9 Å². The zero-order chi connectivity index (χ0) is 13.1. The van der Waals surface area contributed by atoms with E-state index in [1.54, 1.807) is 7.11 Å². The lowest BCUT2D eigenvalue weighted by Crippen LogP contribution is -2.43. The number of nitrogens with zero attached hydrogens (tertiary/aromatic N) is 1. The van der Waals surface area contributed by atoms with Crippen LogP contribution in [0.15, 0.2) is 0 Å². The van der Waals surface area contributed by atoms with Crippen LogP contribution in [0.2, 0.25) is 0 Å². The molecule has 1 unspecified atom stereocenters. The number of ether oxygens (including phenoxy) is 1. The van der Waals surface area contributed by atoms with E-state index in [2.05, 4.69) is 37.9 Å². The number of hydrogen-bond donors (Lipinski definition) is 1. The number of hydrogen-bond acceptors (Lipinski definition) is 3. The topological polar surface area (TPSA) is 24.5 Å². The smallest absolute Gasteiger partial charge is 0.0589 e. The number of rotatable bonds is 11. The summed E-state index contributed by atoms with van der Waals surface area (Å²) < 4.78 is 5.19. The van der Waals surface area contributed by atoms with E-state index in [0.29, 0.717) is 6.04 Å². The Bertz CT molecular complexity index is 156. The van der Waals surface area contributed by atoms with Gasteiger partial charge in [0.2, 0.25) is 0 Å². The molecule has 0 rings (SSSR count). The van der Waals surface area contributed by atoms with Gasteiger partial charge < -0.3 is 10.1 Å². The first kappa shape index (κ1) is 16.9. The fraction of sp³-hybridized carbons (Fsp3) is 1.00. The van der Waals surface area contributed by atoms with Gasteiger partial charge in [-0.15, -0.1) is 0 Å². The molecule has 104 valence electrons. The molecule has 0 saturated heterocycles. The second kappa shape index (κ2) is 11.0. The first-order valence-corrected chi connectivity index (χ1v) is 7.08. The predicted molar refractivity (Wildman–Crippen MR) is 75.5 cm³/mol. The van der Waals surface area contributed by atoms with E-state index in [9.17, 15) is 0 Å². The van der Waals surface area contributed by atoms with Gasteiger partial charge in [0.25, 0.3) is 0 Å². The van der Waals surface area contributed by atoms with Crippen molar-refractivity contribution in [3.05, 3.63) is 0 Å². The summed E-state index contributed by atoms with van der Waals surface area (Å²) in [6.45, 7) is 14.2. The van der Waals surface area contributed by atoms with Crippen LogP contribution in [0.4, 0.5) is 0 Å². The van der Waals surface area contributed by atoms with Crippen molar-refractivity contribution in [2.45, 2.75) is 46.6 Å². The van der Waals surface area contributed by atoms with Crippen LogP contribution in [0.3, 0.4) is 0 Å². The van der Waals surface area contributed by atoms with Gasteiger partial charge in [-0.25, -0.2) is 0 Å². The Hall–Kier alpha value is -0.120. The Kier molecular flexibility index (Phi) is 10.9. The zero-order valence-corrected chi connectivity index (χ0v) is 12.5. The van der Waals surface area contributed by atoms with Gasteiger partial charge >= 0.3 is 0 Å². The summed E-state index contributed by atoms with van der Waals surface area (Å²) >= 11 is 0. The van der Waals surface area contributed by atoms with Crippen molar-refractivity contribution in [1.82, 2.24) is 10.2 Å². The van der Waals surface area contributed by atoms with Crippen molar-refractivity contribution in [3.63, 3.8) is 0 Å². The van der Waals surface area contributed by atoms with Crippen LogP contribution in [0.25, 0.3) is 0 Å². The fourth-order valence-corrected chi connectivity index (χ4v) is 2.20. The summed E-state index contributed by atoms with van der Waals surface area (Å²) in [7, 11) is 1.78. The predicted octanol–water partition coefficient (Wildman–Crippen LogP) is 2.37. The van der Waals surface area contributed by atoms with Crippen LogP contribution in [-0.4, -0.2) is 50.8 Å². The van der Waals surface area contributed by atoms with Crippen LogP contribution in [-0.2, 0) is 4.74 Å². The van der Waals surface area contributed by atoms with Crippen LogP contribution in [0.1, 0.15) is 40.5 Å². The average Bonchev–Trinajstić information content (AvgIpc) is 2.26. The van der Waals surface area contributed by atoms with Gasteiger partial charge in [-0.1, -0.05) is 34.1 Å². The lowest BCUT2D eigenvalue weighted by atomic mass is 10.1. The number of nitrogens with one attached hydrogen (secondary N) is 1. The molecule has 0 radical (unpaired) electrons. The van der Waals surface area contributed by atoms with Crippen molar-refractivity contribution >= 4 is 0 Å². The van der Waals surface area contributed by atoms with E-state index < -0.39 is 0 Å². The third kappa shape index (κ3) is 9.57. The number of methoxy groups -OCH3 is 1. The Morgan fingerprint density at radius 3 is 2.35 bits per heavy atom. The normalized spacial score (nSPS) is 13.6. The fourth-order valence-electron chi connectivity index (χ4n) is 2.20. The maximum atomic E-state index is 5.19. The van der Waals surface area contributed by atoms with Gasteiger partial charge in [0, 0.05) is 32.8 Å². The molecule has 0 spiro atoms. The third-order valence-electron chi connectivity index (χ3n) is 2.84. The molecule has 0 aliphatic carbocycles. The highest BCUT2D eigenvalue weighted by Crippen LogP contribution is 2.04. The van der Waals surface area contributed by atoms with E-state index in [-0.39, 0.29) is 0 Å². The molecular formula is C14H32N2O. The first-order valence-electron chi connectivity index (χ1n) is 7.08. The zero-order valence-electron chi connectivity index (χ0n) is 12.5. The largest absolute Gasteiger partial charge is 0.383 e. The molecule has 0 aromatic carbocycles. The molecule has 1 N–H and O–H groups in total. The quantitative estimate of drug-likeness (QED) is 0.604. The molecule has 0 aliphatic rings. The minimum Gasteiger partial charge on any atom is -0.383 e. The summed E-state index contributed by atoms with van der Waals surface area (Å²) in [6, 6.07) is 0.626. The SMILES string of the molecule is CCCC(CN(CCOC)CC(C)C)NCC. The third-order valence-corrected chi connectivity index (χ3v) is 2.84. The molecule has 0 heterocycles. The maximum absolute atomic E-state index is 5.19. The standard InChI is InChI=1S/C14H32N2O/c1-6-8-14(15-7-2)12-16(9-10-17-5)11-13(3)4/h13-15H,6-12H2,1-5H3. The van der Waals surface area contributed by atoms with E-state index >= 15 is 0 Å². The van der Waals surface area contributed by atoms with Gasteiger partial charge in [0.1, 0.15) is 0 Å². The van der Waals surface area contributed by atoms with Crippen molar-refractivity contribution in [3.8, 4) is 0 Å². The lowest BCUT2D eigenvalue weighted by molar-refractivity contribution is 0.131. The van der Waals surface area contributed by atoms with Gasteiger partial charge in [-0.2, -0.15) is 0 Å². The maximum Gasteiger partial charge on any atom is 0.0589 e. The Labute approximate surface area is 108 Å². The Balaban J connectivity index is 4.14. The highest BCUT2D eigenvalue weighted by Gasteiger charge is 2.13. The minimum atomic E-state index is 0.626. The Morgan fingerprint density at radius 1 is 1.18 bits per heavy atom. The average molecular weight is 244 g/mol. The number of likely N-dealkylation sites (N-methyl/N-ethyl adjacent to an activating group) is 1. The molecular weight excluding hydrogens is 212 g/mol.